The summed E-state index contributed by atoms with van der Waals surface area (Å²) in [6, 6.07) is 6.58. The first-order valence-corrected chi connectivity index (χ1v) is 13.7. The van der Waals surface area contributed by atoms with Gasteiger partial charge in [-0.1, -0.05) is 13.8 Å². The van der Waals surface area contributed by atoms with E-state index in [0.29, 0.717) is 24.6 Å². The van der Waals surface area contributed by atoms with Crippen LogP contribution in [0.4, 0.5) is 32.2 Å². The van der Waals surface area contributed by atoms with Gasteiger partial charge in [0, 0.05) is 30.9 Å². The third kappa shape index (κ3) is 8.89. The highest BCUT2D eigenvalue weighted by atomic mass is 19.4. The molecule has 4 rings (SSSR count). The Kier molecular flexibility index (Phi) is 11.1. The van der Waals surface area contributed by atoms with Crippen LogP contribution in [0.2, 0.25) is 0 Å². The van der Waals surface area contributed by atoms with E-state index >= 15 is 0 Å². The Bertz CT molecular complexity index is 1330. The number of piperidine rings is 1. The number of carbonyl (C=O) groups excluding carboxylic acids is 1. The molecule has 1 amide bonds. The fourth-order valence-electron chi connectivity index (χ4n) is 4.81. The van der Waals surface area contributed by atoms with Crippen LogP contribution in [0.15, 0.2) is 60.3 Å². The number of methoxy groups -OCH3 is 1. The number of rotatable bonds is 7. The molecule has 2 N–H and O–H groups in total. The Morgan fingerprint density at radius 1 is 1.09 bits per heavy atom. The molecule has 2 atom stereocenters. The zero-order chi connectivity index (χ0) is 31.8. The van der Waals surface area contributed by atoms with Crippen molar-refractivity contribution < 1.29 is 35.9 Å². The standard InChI is InChI=1S/C15H9F6N3.C15H24N2O2/c16-14(17,18)11-3-10(4-12(5-11)15(19,20)21)8-24-13-2-1-9(6-22)7-23-13;1-4-6-15(18)17-11(5-2)7-8-12-13(17)9-10-14(16-12)19-3/h1-5,7H,8H2,(H,23,24);9-12,16H,4-8H2,1-3H3/t;11-,12?/m.1/s1. The number of nitriles is 1. The molecule has 232 valence electrons. The van der Waals surface area contributed by atoms with Crippen LogP contribution in [-0.2, 0) is 28.4 Å². The van der Waals surface area contributed by atoms with Gasteiger partial charge in [0.1, 0.15) is 11.9 Å². The molecule has 1 fully saturated rings. The van der Waals surface area contributed by atoms with Gasteiger partial charge in [0.15, 0.2) is 5.88 Å². The first-order chi connectivity index (χ1) is 20.3. The average molecular weight is 610 g/mol. The maximum absolute atomic E-state index is 12.8. The third-order valence-corrected chi connectivity index (χ3v) is 6.95. The number of carbonyl (C=O) groups is 1. The van der Waals surface area contributed by atoms with Crippen molar-refractivity contribution in [1.29, 1.82) is 5.26 Å². The number of likely N-dealkylation sites (tertiary alicyclic amines) is 1. The minimum Gasteiger partial charge on any atom is -0.483 e. The first kappa shape index (κ1) is 33.3. The Morgan fingerprint density at radius 3 is 2.28 bits per heavy atom. The molecule has 2 aliphatic rings. The number of aromatic nitrogens is 1. The van der Waals surface area contributed by atoms with Crippen LogP contribution < -0.4 is 10.6 Å². The lowest BCUT2D eigenvalue weighted by molar-refractivity contribution is -0.143. The average Bonchev–Trinajstić information content (AvgIpc) is 2.98. The zero-order valence-corrected chi connectivity index (χ0v) is 23.9. The highest BCUT2D eigenvalue weighted by molar-refractivity contribution is 5.79. The van der Waals surface area contributed by atoms with E-state index in [1.165, 1.54) is 18.3 Å². The SMILES string of the molecule is CCCC(=O)N1C2=CC=C(OC)NC2CC[C@H]1CC.N#Cc1ccc(NCc2cc(C(F)(F)F)cc(C(F)(F)F)c2)nc1. The number of anilines is 1. The molecule has 0 aliphatic carbocycles. The van der Waals surface area contributed by atoms with Crippen LogP contribution in [-0.4, -0.2) is 35.0 Å². The van der Waals surface area contributed by atoms with E-state index in [1.54, 1.807) is 7.11 Å². The number of amides is 1. The molecule has 1 saturated heterocycles. The normalized spacial score (nSPS) is 18.1. The van der Waals surface area contributed by atoms with Crippen molar-refractivity contribution in [2.75, 3.05) is 12.4 Å². The fraction of sp³-hybridized carbons (Fsp3) is 0.433. The summed E-state index contributed by atoms with van der Waals surface area (Å²) in [5, 5.41) is 14.6. The molecule has 3 heterocycles. The summed E-state index contributed by atoms with van der Waals surface area (Å²) < 4.78 is 81.8. The number of alkyl halides is 6. The van der Waals surface area contributed by atoms with Gasteiger partial charge in [0.25, 0.3) is 0 Å². The first-order valence-electron chi connectivity index (χ1n) is 13.7. The summed E-state index contributed by atoms with van der Waals surface area (Å²) in [6.07, 6.45) is 0.0590. The van der Waals surface area contributed by atoms with Crippen molar-refractivity contribution in [2.24, 2.45) is 0 Å². The van der Waals surface area contributed by atoms with Gasteiger partial charge in [-0.05, 0) is 73.7 Å². The number of dihydropyridines is 1. The van der Waals surface area contributed by atoms with E-state index in [4.69, 9.17) is 10.00 Å². The minimum atomic E-state index is -4.89. The van der Waals surface area contributed by atoms with E-state index in [-0.39, 0.29) is 41.5 Å². The number of benzene rings is 1. The van der Waals surface area contributed by atoms with E-state index in [1.807, 2.05) is 23.1 Å². The number of nitrogens with one attached hydrogen (secondary N) is 2. The second-order valence-electron chi connectivity index (χ2n) is 9.99. The van der Waals surface area contributed by atoms with Gasteiger partial charge in [-0.15, -0.1) is 0 Å². The van der Waals surface area contributed by atoms with Gasteiger partial charge in [-0.25, -0.2) is 4.98 Å². The predicted molar refractivity (Wildman–Crippen MR) is 148 cm³/mol. The van der Waals surface area contributed by atoms with Crippen LogP contribution >= 0.6 is 0 Å². The van der Waals surface area contributed by atoms with E-state index < -0.39 is 23.5 Å². The van der Waals surface area contributed by atoms with Crippen molar-refractivity contribution in [1.82, 2.24) is 15.2 Å². The molecular formula is C30H33F6N5O2. The van der Waals surface area contributed by atoms with E-state index in [2.05, 4.69) is 29.5 Å². The molecule has 2 aliphatic heterocycles. The van der Waals surface area contributed by atoms with E-state index in [9.17, 15) is 31.1 Å². The molecule has 1 unspecified atom stereocenters. The van der Waals surface area contributed by atoms with Gasteiger partial charge in [0.05, 0.1) is 29.8 Å². The number of hydrogen-bond donors (Lipinski definition) is 2. The molecule has 43 heavy (non-hydrogen) atoms. The van der Waals surface area contributed by atoms with Crippen LogP contribution in [0, 0.1) is 11.3 Å². The predicted octanol–water partition coefficient (Wildman–Crippen LogP) is 7.13. The lowest BCUT2D eigenvalue weighted by Gasteiger charge is -2.43. The van der Waals surface area contributed by atoms with E-state index in [0.717, 1.165) is 37.3 Å². The summed E-state index contributed by atoms with van der Waals surface area (Å²) in [4.78, 5) is 18.2. The molecule has 0 radical (unpaired) electrons. The highest BCUT2D eigenvalue weighted by Crippen LogP contribution is 2.36. The van der Waals surface area contributed by atoms with Crippen LogP contribution in [0.3, 0.4) is 0 Å². The molecule has 0 saturated carbocycles. The van der Waals surface area contributed by atoms with Crippen molar-refractivity contribution in [3.05, 3.63) is 82.5 Å². The molecular weight excluding hydrogens is 576 g/mol. The van der Waals surface area contributed by atoms with Crippen molar-refractivity contribution in [2.45, 2.75) is 76.9 Å². The maximum Gasteiger partial charge on any atom is 0.416 e. The summed E-state index contributed by atoms with van der Waals surface area (Å²) in [7, 11) is 1.66. The summed E-state index contributed by atoms with van der Waals surface area (Å²) >= 11 is 0. The summed E-state index contributed by atoms with van der Waals surface area (Å²) in [5.41, 5.74) is -1.55. The van der Waals surface area contributed by atoms with Gasteiger partial charge < -0.3 is 20.3 Å². The third-order valence-electron chi connectivity index (χ3n) is 6.95. The number of pyridine rings is 1. The van der Waals surface area contributed by atoms with Gasteiger partial charge in [0.2, 0.25) is 5.91 Å². The lowest BCUT2D eigenvalue weighted by Crippen LogP contribution is -2.51. The largest absolute Gasteiger partial charge is 0.483 e. The van der Waals surface area contributed by atoms with Crippen molar-refractivity contribution in [3.8, 4) is 6.07 Å². The van der Waals surface area contributed by atoms with Gasteiger partial charge in [-0.3, -0.25) is 4.79 Å². The van der Waals surface area contributed by atoms with Crippen LogP contribution in [0.5, 0.6) is 0 Å². The number of ether oxygens (including phenoxy) is 1. The second kappa shape index (κ2) is 14.3. The molecule has 7 nitrogen and oxygen atoms in total. The second-order valence-corrected chi connectivity index (χ2v) is 9.99. The Hall–Kier alpha value is -4.21. The van der Waals surface area contributed by atoms with Crippen LogP contribution in [0.1, 0.15) is 68.2 Å². The quantitative estimate of drug-likeness (QED) is 0.325. The van der Waals surface area contributed by atoms with Crippen LogP contribution in [0.25, 0.3) is 0 Å². The Balaban J connectivity index is 0.000000242. The molecule has 13 heteroatoms. The number of halogens is 6. The monoisotopic (exact) mass is 609 g/mol. The van der Waals surface area contributed by atoms with Gasteiger partial charge >= 0.3 is 12.4 Å². The Morgan fingerprint density at radius 2 is 1.77 bits per heavy atom. The highest BCUT2D eigenvalue weighted by Gasteiger charge is 2.37. The maximum atomic E-state index is 12.8. The summed E-state index contributed by atoms with van der Waals surface area (Å²) in [5.74, 6) is 1.26. The van der Waals surface area contributed by atoms with Crippen molar-refractivity contribution >= 4 is 11.7 Å². The zero-order valence-electron chi connectivity index (χ0n) is 23.9. The van der Waals surface area contributed by atoms with Crippen molar-refractivity contribution in [3.63, 3.8) is 0 Å². The number of allylic oxidation sites excluding steroid dienone is 2. The molecule has 2 aromatic rings. The number of fused-ring (bicyclic) bond motifs is 1. The Labute approximate surface area is 246 Å². The minimum absolute atomic E-state index is 0.0729. The fourth-order valence-corrected chi connectivity index (χ4v) is 4.81. The topological polar surface area (TPSA) is 90.3 Å². The number of hydrogen-bond acceptors (Lipinski definition) is 6. The number of nitrogens with zero attached hydrogens (tertiary/aromatic N) is 3. The molecule has 0 bridgehead atoms. The molecule has 0 spiro atoms. The molecule has 1 aromatic heterocycles. The molecule has 1 aromatic carbocycles. The lowest BCUT2D eigenvalue weighted by atomic mass is 9.91. The van der Waals surface area contributed by atoms with Gasteiger partial charge in [-0.2, -0.15) is 31.6 Å². The summed E-state index contributed by atoms with van der Waals surface area (Å²) in [6.45, 7) is 3.92. The smallest absolute Gasteiger partial charge is 0.416 e.